The molecule has 2 atom stereocenters. The zero-order valence-electron chi connectivity index (χ0n) is 22.2. The van der Waals surface area contributed by atoms with Crippen molar-refractivity contribution in [1.29, 1.82) is 0 Å². The summed E-state index contributed by atoms with van der Waals surface area (Å²) in [5.41, 5.74) is 4.04. The van der Waals surface area contributed by atoms with E-state index in [4.69, 9.17) is 20.4 Å². The number of aliphatic hydroxyl groups excluding tert-OH is 2. The van der Waals surface area contributed by atoms with Crippen LogP contribution < -0.4 is 10.6 Å². The molecule has 0 bridgehead atoms. The molecule has 0 unspecified atom stereocenters. The van der Waals surface area contributed by atoms with Crippen molar-refractivity contribution in [3.63, 3.8) is 0 Å². The fraction of sp³-hybridized carbons (Fsp3) is 0.143. The average molecular weight is 668 g/mol. The van der Waals surface area contributed by atoms with E-state index in [9.17, 15) is 26.5 Å². The fourth-order valence-electron chi connectivity index (χ4n) is 3.63. The predicted octanol–water partition coefficient (Wildman–Crippen LogP) is 1.01. The zero-order chi connectivity index (χ0) is 31.8. The standard InChI is InChI=1S/2C14H13NO4.3O.2V/c2*16-8-12(14(18)19)15-7-11-10-4-2-1-3-9(10)5-6-13(11)17;;;;;/h2*1-7,12,15-16H,8H2,(H,18,19);;;;;/b2*11-7-;;;;;/t2*12-;;;;;/m00...../s1. The summed E-state index contributed by atoms with van der Waals surface area (Å²) < 4.78 is 22.4. The summed E-state index contributed by atoms with van der Waals surface area (Å²) in [7, 11) is 0. The van der Waals surface area contributed by atoms with Crippen LogP contribution in [0.4, 0.5) is 0 Å². The Morgan fingerprint density at radius 3 is 1.37 bits per heavy atom. The molecule has 224 valence electrons. The van der Waals surface area contributed by atoms with Gasteiger partial charge in [0.25, 0.3) is 0 Å². The van der Waals surface area contributed by atoms with E-state index in [1.807, 2.05) is 24.3 Å². The first kappa shape index (κ1) is 35.1. The van der Waals surface area contributed by atoms with Gasteiger partial charge in [0.05, 0.1) is 13.2 Å². The minimum absolute atomic E-state index is 0.201. The first-order valence-corrected chi connectivity index (χ1v) is 14.5. The van der Waals surface area contributed by atoms with Gasteiger partial charge in [0, 0.05) is 23.5 Å². The predicted molar refractivity (Wildman–Crippen MR) is 143 cm³/mol. The van der Waals surface area contributed by atoms with Crippen LogP contribution in [0.5, 0.6) is 0 Å². The van der Waals surface area contributed by atoms with Crippen molar-refractivity contribution in [2.45, 2.75) is 12.1 Å². The third kappa shape index (κ3) is 10.6. The molecule has 2 aliphatic rings. The Morgan fingerprint density at radius 1 is 0.698 bits per heavy atom. The molecule has 0 amide bonds. The molecule has 0 saturated carbocycles. The van der Waals surface area contributed by atoms with Gasteiger partial charge in [0.2, 0.25) is 0 Å². The number of carbonyl (C=O) groups is 4. The van der Waals surface area contributed by atoms with Crippen molar-refractivity contribution in [3.05, 3.63) is 95.3 Å². The summed E-state index contributed by atoms with van der Waals surface area (Å²) in [6.07, 6.45) is 9.00. The molecule has 2 aromatic rings. The topological polar surface area (TPSA) is 217 Å². The van der Waals surface area contributed by atoms with E-state index in [0.29, 0.717) is 11.1 Å². The van der Waals surface area contributed by atoms with E-state index in [1.54, 1.807) is 36.4 Å². The molecule has 0 radical (unpaired) electrons. The van der Waals surface area contributed by atoms with Gasteiger partial charge in [-0.25, -0.2) is 9.59 Å². The summed E-state index contributed by atoms with van der Waals surface area (Å²) >= 11 is -2.61. The van der Waals surface area contributed by atoms with Crippen molar-refractivity contribution in [2.24, 2.45) is 0 Å². The SMILES string of the molecule is O=C1C=Cc2ccccc2/C1=C/N[C@@H](CO)C(=O)O.O=C1C=Cc2ccccc2/C1=C/N[C@@H](CO)C(=O)O.[O]=[V][O][V]=[O]. The van der Waals surface area contributed by atoms with E-state index in [-0.39, 0.29) is 11.6 Å². The number of carboxylic acid groups (broad SMARTS) is 2. The molecular formula is C28H26N2O11V2. The number of benzene rings is 2. The molecule has 13 nitrogen and oxygen atoms in total. The normalized spacial score (nSPS) is 15.9. The summed E-state index contributed by atoms with van der Waals surface area (Å²) in [4.78, 5) is 45.2. The first-order chi connectivity index (χ1) is 20.7. The van der Waals surface area contributed by atoms with Crippen LogP contribution in [0.3, 0.4) is 0 Å². The minimum atomic E-state index is -1.30. The molecule has 6 N–H and O–H groups in total. The number of carbonyl (C=O) groups excluding carboxylic acids is 2. The Kier molecular flexibility index (Phi) is 15.1. The van der Waals surface area contributed by atoms with Crippen molar-refractivity contribution >= 4 is 46.8 Å². The molecule has 2 aliphatic carbocycles. The molecule has 0 spiro atoms. The second-order valence-corrected chi connectivity index (χ2v) is 10.2. The number of rotatable bonds is 10. The number of allylic oxidation sites excluding steroid dienone is 4. The number of fused-ring (bicyclic) bond motifs is 2. The van der Waals surface area contributed by atoms with Gasteiger partial charge in [-0.05, 0) is 34.4 Å². The molecule has 15 heteroatoms. The van der Waals surface area contributed by atoms with Crippen molar-refractivity contribution in [1.82, 2.24) is 10.6 Å². The van der Waals surface area contributed by atoms with Gasteiger partial charge in [0.15, 0.2) is 11.6 Å². The van der Waals surface area contributed by atoms with Gasteiger partial charge >= 0.3 is 55.0 Å². The average Bonchev–Trinajstić information content (AvgIpc) is 3.00. The first-order valence-electron chi connectivity index (χ1n) is 12.2. The number of aliphatic hydroxyl groups is 2. The second kappa shape index (κ2) is 18.5. The van der Waals surface area contributed by atoms with Crippen LogP contribution >= 0.6 is 0 Å². The van der Waals surface area contributed by atoms with E-state index < -0.39 is 70.4 Å². The van der Waals surface area contributed by atoms with Crippen LogP contribution in [0.2, 0.25) is 0 Å². The number of nitrogens with one attached hydrogen (secondary N) is 2. The van der Waals surface area contributed by atoms with Crippen LogP contribution in [0.15, 0.2) is 73.1 Å². The van der Waals surface area contributed by atoms with E-state index >= 15 is 0 Å². The molecule has 0 fully saturated rings. The van der Waals surface area contributed by atoms with Gasteiger partial charge in [-0.1, -0.05) is 60.7 Å². The Balaban J connectivity index is 0.000000260. The van der Waals surface area contributed by atoms with Crippen molar-refractivity contribution in [2.75, 3.05) is 13.2 Å². The molecule has 0 aliphatic heterocycles. The molecular weight excluding hydrogens is 642 g/mol. The van der Waals surface area contributed by atoms with Gasteiger partial charge < -0.3 is 31.1 Å². The summed E-state index contributed by atoms with van der Waals surface area (Å²) in [5.74, 6) is -2.75. The molecule has 43 heavy (non-hydrogen) atoms. The molecule has 0 saturated heterocycles. The monoisotopic (exact) mass is 668 g/mol. The number of hydrogen-bond acceptors (Lipinski definition) is 11. The van der Waals surface area contributed by atoms with Crippen molar-refractivity contribution in [3.8, 4) is 0 Å². The number of ketones is 2. The third-order valence-electron chi connectivity index (χ3n) is 5.75. The van der Waals surface area contributed by atoms with Crippen LogP contribution in [0.1, 0.15) is 22.3 Å². The van der Waals surface area contributed by atoms with Crippen molar-refractivity contribution < 1.29 is 82.7 Å². The summed E-state index contributed by atoms with van der Waals surface area (Å²) in [6, 6.07) is 12.4. The zero-order valence-corrected chi connectivity index (χ0v) is 25.0. The quantitative estimate of drug-likeness (QED) is 0.195. The maximum atomic E-state index is 11.8. The number of hydrogen-bond donors (Lipinski definition) is 6. The molecule has 0 aromatic heterocycles. The Morgan fingerprint density at radius 2 is 1.07 bits per heavy atom. The van der Waals surface area contributed by atoms with E-state index in [1.165, 1.54) is 24.6 Å². The Labute approximate surface area is 260 Å². The number of aliphatic carboxylic acids is 2. The van der Waals surface area contributed by atoms with Gasteiger partial charge in [-0.3, -0.25) is 9.59 Å². The van der Waals surface area contributed by atoms with Crippen LogP contribution in [-0.2, 0) is 62.3 Å². The molecule has 4 rings (SSSR count). The van der Waals surface area contributed by atoms with Gasteiger partial charge in [0.1, 0.15) is 12.1 Å². The molecule has 0 heterocycles. The summed E-state index contributed by atoms with van der Waals surface area (Å²) in [5, 5.41) is 40.5. The van der Waals surface area contributed by atoms with Gasteiger partial charge in [-0.2, -0.15) is 0 Å². The Bertz CT molecular complexity index is 1380. The maximum absolute atomic E-state index is 11.8. The fourth-order valence-corrected chi connectivity index (χ4v) is 3.85. The summed E-state index contributed by atoms with van der Waals surface area (Å²) in [6.45, 7) is -1.10. The number of carboxylic acids is 2. The van der Waals surface area contributed by atoms with E-state index in [2.05, 4.69) is 13.2 Å². The molecule has 2 aromatic carbocycles. The second-order valence-electron chi connectivity index (χ2n) is 8.40. The van der Waals surface area contributed by atoms with Gasteiger partial charge in [-0.15, -0.1) is 0 Å². The van der Waals surface area contributed by atoms with Crippen LogP contribution in [0.25, 0.3) is 23.3 Å². The third-order valence-corrected chi connectivity index (χ3v) is 6.81. The van der Waals surface area contributed by atoms with Crippen LogP contribution in [0, 0.1) is 0 Å². The van der Waals surface area contributed by atoms with E-state index in [0.717, 1.165) is 22.3 Å². The van der Waals surface area contributed by atoms with Crippen LogP contribution in [-0.4, -0.2) is 69.2 Å². The Hall–Kier alpha value is -4.07.